The van der Waals surface area contributed by atoms with Crippen LogP contribution < -0.4 is 15.4 Å². The predicted octanol–water partition coefficient (Wildman–Crippen LogP) is 4.35. The lowest BCUT2D eigenvalue weighted by atomic mass is 10.2. The van der Waals surface area contributed by atoms with Gasteiger partial charge in [0.25, 0.3) is 5.91 Å². The van der Waals surface area contributed by atoms with Gasteiger partial charge in [0, 0.05) is 23.2 Å². The van der Waals surface area contributed by atoms with Gasteiger partial charge in [0.15, 0.2) is 5.13 Å². The number of nitrogens with zero attached hydrogens (tertiary/aromatic N) is 1. The van der Waals surface area contributed by atoms with Gasteiger partial charge in [-0.05, 0) is 37.3 Å². The molecule has 2 aromatic carbocycles. The Morgan fingerprint density at radius 3 is 2.69 bits per heavy atom. The number of carbonyl (C=O) groups excluding carboxylic acids is 1. The second kappa shape index (κ2) is 8.44. The molecule has 0 radical (unpaired) electrons. The molecule has 134 valence electrons. The first kappa shape index (κ1) is 17.9. The van der Waals surface area contributed by atoms with Crippen LogP contribution in [-0.2, 0) is 6.54 Å². The number of ether oxygens (including phenoxy) is 1. The van der Waals surface area contributed by atoms with Gasteiger partial charge in [-0.15, -0.1) is 11.3 Å². The first-order valence-electron chi connectivity index (χ1n) is 8.12. The van der Waals surface area contributed by atoms with Crippen molar-refractivity contribution in [3.8, 4) is 5.75 Å². The smallest absolute Gasteiger partial charge is 0.271 e. The largest absolute Gasteiger partial charge is 0.494 e. The van der Waals surface area contributed by atoms with Crippen molar-refractivity contribution < 1.29 is 13.9 Å². The lowest BCUT2D eigenvalue weighted by Crippen LogP contribution is -2.23. The van der Waals surface area contributed by atoms with E-state index in [1.807, 2.05) is 31.2 Å². The SMILES string of the molecule is CCOc1ccc(Nc2nc(C(=O)NCc3ccccc3F)cs2)cc1. The van der Waals surface area contributed by atoms with Crippen LogP contribution in [0.2, 0.25) is 0 Å². The zero-order valence-electron chi connectivity index (χ0n) is 14.2. The molecule has 0 saturated carbocycles. The maximum Gasteiger partial charge on any atom is 0.271 e. The number of anilines is 2. The van der Waals surface area contributed by atoms with Crippen molar-refractivity contribution in [2.24, 2.45) is 0 Å². The molecule has 2 N–H and O–H groups in total. The molecule has 0 atom stereocenters. The predicted molar refractivity (Wildman–Crippen MR) is 101 cm³/mol. The molecule has 26 heavy (non-hydrogen) atoms. The van der Waals surface area contributed by atoms with Crippen LogP contribution in [0.3, 0.4) is 0 Å². The van der Waals surface area contributed by atoms with Gasteiger partial charge < -0.3 is 15.4 Å². The van der Waals surface area contributed by atoms with Crippen molar-refractivity contribution in [2.75, 3.05) is 11.9 Å². The van der Waals surface area contributed by atoms with Crippen LogP contribution in [0.5, 0.6) is 5.75 Å². The number of halogens is 1. The standard InChI is InChI=1S/C19H18FN3O2S/c1-2-25-15-9-7-14(8-10-15)22-19-23-17(12-26-19)18(24)21-11-13-5-3-4-6-16(13)20/h3-10,12H,2,11H2,1H3,(H,21,24)(H,22,23). The number of hydrogen-bond acceptors (Lipinski definition) is 5. The third-order valence-corrected chi connectivity index (χ3v) is 4.31. The number of hydrogen-bond donors (Lipinski definition) is 2. The Balaban J connectivity index is 1.58. The summed E-state index contributed by atoms with van der Waals surface area (Å²) in [6, 6.07) is 13.8. The second-order valence-electron chi connectivity index (χ2n) is 5.39. The minimum absolute atomic E-state index is 0.116. The van der Waals surface area contributed by atoms with Gasteiger partial charge in [-0.1, -0.05) is 18.2 Å². The number of rotatable bonds is 7. The maximum atomic E-state index is 13.6. The van der Waals surface area contributed by atoms with Gasteiger partial charge in [0.1, 0.15) is 17.3 Å². The van der Waals surface area contributed by atoms with Crippen molar-refractivity contribution in [2.45, 2.75) is 13.5 Å². The Labute approximate surface area is 154 Å². The fourth-order valence-corrected chi connectivity index (χ4v) is 2.98. The molecule has 0 aliphatic carbocycles. The molecule has 1 heterocycles. The Morgan fingerprint density at radius 1 is 1.19 bits per heavy atom. The molecule has 3 rings (SSSR count). The summed E-state index contributed by atoms with van der Waals surface area (Å²) in [4.78, 5) is 16.4. The molecule has 0 fully saturated rings. The van der Waals surface area contributed by atoms with Crippen molar-refractivity contribution in [1.82, 2.24) is 10.3 Å². The summed E-state index contributed by atoms with van der Waals surface area (Å²) in [6.07, 6.45) is 0. The molecular formula is C19H18FN3O2S. The van der Waals surface area contributed by atoms with Crippen LogP contribution >= 0.6 is 11.3 Å². The number of benzene rings is 2. The van der Waals surface area contributed by atoms with Crippen LogP contribution in [0.1, 0.15) is 23.0 Å². The molecule has 5 nitrogen and oxygen atoms in total. The van der Waals surface area contributed by atoms with Gasteiger partial charge in [0.2, 0.25) is 0 Å². The quantitative estimate of drug-likeness (QED) is 0.648. The van der Waals surface area contributed by atoms with Crippen molar-refractivity contribution in [3.63, 3.8) is 0 Å². The Hall–Kier alpha value is -2.93. The van der Waals surface area contributed by atoms with E-state index in [-0.39, 0.29) is 18.3 Å². The van der Waals surface area contributed by atoms with Crippen molar-refractivity contribution >= 4 is 28.1 Å². The van der Waals surface area contributed by atoms with Crippen LogP contribution in [0.15, 0.2) is 53.9 Å². The van der Waals surface area contributed by atoms with Gasteiger partial charge in [-0.25, -0.2) is 9.37 Å². The summed E-state index contributed by atoms with van der Waals surface area (Å²) < 4.78 is 19.0. The molecule has 0 aliphatic heterocycles. The van der Waals surface area contributed by atoms with E-state index in [1.54, 1.807) is 23.6 Å². The zero-order chi connectivity index (χ0) is 18.4. The average Bonchev–Trinajstić information content (AvgIpc) is 3.11. The van der Waals surface area contributed by atoms with E-state index < -0.39 is 0 Å². The van der Waals surface area contributed by atoms with Crippen LogP contribution in [-0.4, -0.2) is 17.5 Å². The summed E-state index contributed by atoms with van der Waals surface area (Å²) >= 11 is 1.32. The van der Waals surface area contributed by atoms with Gasteiger partial charge in [-0.3, -0.25) is 4.79 Å². The van der Waals surface area contributed by atoms with E-state index in [9.17, 15) is 9.18 Å². The lowest BCUT2D eigenvalue weighted by Gasteiger charge is -2.06. The number of amides is 1. The van der Waals surface area contributed by atoms with Crippen molar-refractivity contribution in [1.29, 1.82) is 0 Å². The highest BCUT2D eigenvalue weighted by Crippen LogP contribution is 2.23. The fraction of sp³-hybridized carbons (Fsp3) is 0.158. The molecule has 0 aliphatic rings. The number of nitrogens with one attached hydrogen (secondary N) is 2. The van der Waals surface area contributed by atoms with E-state index in [0.29, 0.717) is 23.0 Å². The van der Waals surface area contributed by atoms with Gasteiger partial charge in [0.05, 0.1) is 6.61 Å². The number of aromatic nitrogens is 1. The summed E-state index contributed by atoms with van der Waals surface area (Å²) in [6.45, 7) is 2.66. The van der Waals surface area contributed by atoms with Crippen LogP contribution in [0, 0.1) is 5.82 Å². The summed E-state index contributed by atoms with van der Waals surface area (Å²) in [5.74, 6) is 0.110. The maximum absolute atomic E-state index is 13.6. The Bertz CT molecular complexity index is 881. The van der Waals surface area contributed by atoms with Crippen LogP contribution in [0.25, 0.3) is 0 Å². The van der Waals surface area contributed by atoms with E-state index >= 15 is 0 Å². The monoisotopic (exact) mass is 371 g/mol. The summed E-state index contributed by atoms with van der Waals surface area (Å²) in [5.41, 5.74) is 1.57. The summed E-state index contributed by atoms with van der Waals surface area (Å²) in [5, 5.41) is 8.08. The molecular weight excluding hydrogens is 353 g/mol. The average molecular weight is 371 g/mol. The second-order valence-corrected chi connectivity index (χ2v) is 6.25. The first-order valence-corrected chi connectivity index (χ1v) is 9.00. The topological polar surface area (TPSA) is 63.2 Å². The van der Waals surface area contributed by atoms with Crippen molar-refractivity contribution in [3.05, 3.63) is 71.0 Å². The number of thiazole rings is 1. The molecule has 3 aromatic rings. The molecule has 0 spiro atoms. The van der Waals surface area contributed by atoms with Gasteiger partial charge >= 0.3 is 0 Å². The highest BCUT2D eigenvalue weighted by molar-refractivity contribution is 7.14. The third-order valence-electron chi connectivity index (χ3n) is 3.55. The zero-order valence-corrected chi connectivity index (χ0v) is 15.0. The first-order chi connectivity index (χ1) is 12.7. The normalized spacial score (nSPS) is 10.4. The molecule has 1 aromatic heterocycles. The van der Waals surface area contributed by atoms with E-state index in [1.165, 1.54) is 17.4 Å². The van der Waals surface area contributed by atoms with E-state index in [0.717, 1.165) is 11.4 Å². The highest BCUT2D eigenvalue weighted by atomic mass is 32.1. The van der Waals surface area contributed by atoms with E-state index in [4.69, 9.17) is 4.74 Å². The molecule has 7 heteroatoms. The van der Waals surface area contributed by atoms with Crippen LogP contribution in [0.4, 0.5) is 15.2 Å². The molecule has 0 bridgehead atoms. The van der Waals surface area contributed by atoms with Gasteiger partial charge in [-0.2, -0.15) is 0 Å². The Kier molecular flexibility index (Phi) is 5.80. The number of carbonyl (C=O) groups is 1. The molecule has 0 unspecified atom stereocenters. The highest BCUT2D eigenvalue weighted by Gasteiger charge is 2.11. The molecule has 1 amide bonds. The lowest BCUT2D eigenvalue weighted by molar-refractivity contribution is 0.0946. The minimum atomic E-state index is -0.344. The Morgan fingerprint density at radius 2 is 1.96 bits per heavy atom. The molecule has 0 saturated heterocycles. The van der Waals surface area contributed by atoms with E-state index in [2.05, 4.69) is 15.6 Å². The fourth-order valence-electron chi connectivity index (χ4n) is 2.27. The summed E-state index contributed by atoms with van der Waals surface area (Å²) in [7, 11) is 0. The third kappa shape index (κ3) is 4.58. The minimum Gasteiger partial charge on any atom is -0.494 e.